The van der Waals surface area contributed by atoms with Gasteiger partial charge in [-0.05, 0) is 45.8 Å². The lowest BCUT2D eigenvalue weighted by atomic mass is 10.1. The van der Waals surface area contributed by atoms with Gasteiger partial charge in [-0.2, -0.15) is 18.3 Å². The highest BCUT2D eigenvalue weighted by atomic mass is 79.9. The molecule has 0 aliphatic carbocycles. The molecule has 134 valence electrons. The molecular weight excluding hydrogens is 411 g/mol. The van der Waals surface area contributed by atoms with Gasteiger partial charge < -0.3 is 5.32 Å². The van der Waals surface area contributed by atoms with Crippen LogP contribution >= 0.6 is 15.9 Å². The minimum atomic E-state index is -4.39. The van der Waals surface area contributed by atoms with Crippen molar-refractivity contribution in [1.82, 2.24) is 9.78 Å². The van der Waals surface area contributed by atoms with Gasteiger partial charge in [0, 0.05) is 10.7 Å². The van der Waals surface area contributed by atoms with Crippen molar-refractivity contribution in [2.24, 2.45) is 0 Å². The van der Waals surface area contributed by atoms with Gasteiger partial charge in [-0.25, -0.2) is 0 Å². The van der Waals surface area contributed by atoms with Crippen LogP contribution in [0.15, 0.2) is 65.4 Å². The van der Waals surface area contributed by atoms with Crippen molar-refractivity contribution < 1.29 is 18.0 Å². The Bertz CT molecular complexity index is 937. The van der Waals surface area contributed by atoms with E-state index in [4.69, 9.17) is 0 Å². The van der Waals surface area contributed by atoms with Crippen LogP contribution in [-0.2, 0) is 12.7 Å². The van der Waals surface area contributed by atoms with Gasteiger partial charge in [-0.15, -0.1) is 0 Å². The van der Waals surface area contributed by atoms with Gasteiger partial charge in [-0.3, -0.25) is 9.48 Å². The second-order valence-corrected chi connectivity index (χ2v) is 6.41. The number of benzene rings is 2. The van der Waals surface area contributed by atoms with Crippen LogP contribution in [0.1, 0.15) is 21.5 Å². The number of rotatable bonds is 4. The zero-order valence-corrected chi connectivity index (χ0v) is 14.9. The molecule has 0 saturated heterocycles. The molecule has 1 aromatic heterocycles. The van der Waals surface area contributed by atoms with Crippen LogP contribution in [0.4, 0.5) is 18.9 Å². The molecule has 0 spiro atoms. The number of carbonyl (C=O) groups is 1. The molecule has 3 aromatic rings. The molecule has 1 heterocycles. The van der Waals surface area contributed by atoms with Crippen molar-refractivity contribution in [3.05, 3.63) is 82.1 Å². The molecule has 0 bridgehead atoms. The summed E-state index contributed by atoms with van der Waals surface area (Å²) < 4.78 is 40.4. The number of aromatic nitrogens is 2. The van der Waals surface area contributed by atoms with E-state index >= 15 is 0 Å². The summed E-state index contributed by atoms with van der Waals surface area (Å²) in [6, 6.07) is 12.0. The quantitative estimate of drug-likeness (QED) is 0.644. The SMILES string of the molecule is O=C(Nc1cnn(Cc2cccc(C(F)(F)F)c2)c1)c1ccccc1Br. The highest BCUT2D eigenvalue weighted by Gasteiger charge is 2.30. The molecular formula is C18H13BrF3N3O. The van der Waals surface area contributed by atoms with Crippen molar-refractivity contribution in [3.63, 3.8) is 0 Å². The summed E-state index contributed by atoms with van der Waals surface area (Å²) >= 11 is 3.31. The highest BCUT2D eigenvalue weighted by molar-refractivity contribution is 9.10. The van der Waals surface area contributed by atoms with Gasteiger partial charge in [-0.1, -0.05) is 24.3 Å². The van der Waals surface area contributed by atoms with Crippen molar-refractivity contribution >= 4 is 27.5 Å². The molecule has 4 nitrogen and oxygen atoms in total. The average Bonchev–Trinajstić information content (AvgIpc) is 3.01. The largest absolute Gasteiger partial charge is 0.416 e. The number of carbonyl (C=O) groups excluding carboxylic acids is 1. The van der Waals surface area contributed by atoms with Crippen molar-refractivity contribution in [2.75, 3.05) is 5.32 Å². The third-order valence-electron chi connectivity index (χ3n) is 3.61. The first-order chi connectivity index (χ1) is 12.3. The molecule has 0 radical (unpaired) electrons. The second-order valence-electron chi connectivity index (χ2n) is 5.56. The van der Waals surface area contributed by atoms with Gasteiger partial charge in [0.1, 0.15) is 0 Å². The lowest BCUT2D eigenvalue weighted by Crippen LogP contribution is -2.12. The number of amides is 1. The van der Waals surface area contributed by atoms with Gasteiger partial charge >= 0.3 is 6.18 Å². The Morgan fingerprint density at radius 2 is 1.92 bits per heavy atom. The standard InChI is InChI=1S/C18H13BrF3N3O/c19-16-7-2-1-6-15(16)17(26)24-14-9-23-25(11-14)10-12-4-3-5-13(8-12)18(20,21)22/h1-9,11H,10H2,(H,24,26). The number of hydrogen-bond acceptors (Lipinski definition) is 2. The van der Waals surface area contributed by atoms with Crippen molar-refractivity contribution in [2.45, 2.75) is 12.7 Å². The number of nitrogens with one attached hydrogen (secondary N) is 1. The Labute approximate surface area is 155 Å². The van der Waals surface area contributed by atoms with E-state index in [0.29, 0.717) is 21.3 Å². The van der Waals surface area contributed by atoms with E-state index in [1.165, 1.54) is 16.9 Å². The van der Waals surface area contributed by atoms with Crippen LogP contribution in [0, 0.1) is 0 Å². The van der Waals surface area contributed by atoms with E-state index in [2.05, 4.69) is 26.3 Å². The third kappa shape index (κ3) is 4.32. The van der Waals surface area contributed by atoms with Crippen LogP contribution in [0.2, 0.25) is 0 Å². The number of nitrogens with zero attached hydrogens (tertiary/aromatic N) is 2. The van der Waals surface area contributed by atoms with Gasteiger partial charge in [0.05, 0.1) is 29.6 Å². The van der Waals surface area contributed by atoms with E-state index in [1.807, 2.05) is 0 Å². The first-order valence-corrected chi connectivity index (χ1v) is 8.37. The van der Waals surface area contributed by atoms with E-state index in [0.717, 1.165) is 12.1 Å². The lowest BCUT2D eigenvalue weighted by Gasteiger charge is -2.08. The maximum absolute atomic E-state index is 12.8. The Hall–Kier alpha value is -2.61. The number of hydrogen-bond donors (Lipinski definition) is 1. The molecule has 0 fully saturated rings. The molecule has 0 unspecified atom stereocenters. The summed E-state index contributed by atoms with van der Waals surface area (Å²) in [5, 5.41) is 6.79. The zero-order chi connectivity index (χ0) is 18.7. The Morgan fingerprint density at radius 1 is 1.15 bits per heavy atom. The van der Waals surface area contributed by atoms with E-state index < -0.39 is 11.7 Å². The molecule has 0 aliphatic rings. The minimum absolute atomic E-state index is 0.162. The third-order valence-corrected chi connectivity index (χ3v) is 4.30. The topological polar surface area (TPSA) is 46.9 Å². The maximum Gasteiger partial charge on any atom is 0.416 e. The fourth-order valence-corrected chi connectivity index (χ4v) is 2.86. The molecule has 8 heteroatoms. The lowest BCUT2D eigenvalue weighted by molar-refractivity contribution is -0.137. The van der Waals surface area contributed by atoms with Crippen LogP contribution in [0.25, 0.3) is 0 Å². The number of alkyl halides is 3. The predicted octanol–water partition coefficient (Wildman–Crippen LogP) is 4.97. The molecule has 1 N–H and O–H groups in total. The van der Waals surface area contributed by atoms with Crippen molar-refractivity contribution in [1.29, 1.82) is 0 Å². The Balaban J connectivity index is 1.71. The second kappa shape index (κ2) is 7.33. The fourth-order valence-electron chi connectivity index (χ4n) is 2.39. The van der Waals surface area contributed by atoms with Crippen LogP contribution < -0.4 is 5.32 Å². The average molecular weight is 424 g/mol. The number of anilines is 1. The van der Waals surface area contributed by atoms with E-state index in [1.54, 1.807) is 36.5 Å². The summed E-state index contributed by atoms with van der Waals surface area (Å²) in [7, 11) is 0. The molecule has 0 saturated carbocycles. The van der Waals surface area contributed by atoms with Crippen LogP contribution in [-0.4, -0.2) is 15.7 Å². The monoisotopic (exact) mass is 423 g/mol. The first kappa shape index (κ1) is 18.2. The molecule has 3 rings (SSSR count). The predicted molar refractivity (Wildman–Crippen MR) is 94.9 cm³/mol. The Morgan fingerprint density at radius 3 is 2.65 bits per heavy atom. The van der Waals surface area contributed by atoms with Crippen molar-refractivity contribution in [3.8, 4) is 0 Å². The van der Waals surface area contributed by atoms with E-state index in [-0.39, 0.29) is 12.5 Å². The van der Waals surface area contributed by atoms with Crippen LogP contribution in [0.5, 0.6) is 0 Å². The molecule has 0 atom stereocenters. The maximum atomic E-state index is 12.8. The minimum Gasteiger partial charge on any atom is -0.319 e. The summed E-state index contributed by atoms with van der Waals surface area (Å²) in [5.74, 6) is -0.309. The Kier molecular flexibility index (Phi) is 5.13. The van der Waals surface area contributed by atoms with E-state index in [9.17, 15) is 18.0 Å². The molecule has 2 aromatic carbocycles. The smallest absolute Gasteiger partial charge is 0.319 e. The fraction of sp³-hybridized carbons (Fsp3) is 0.111. The molecule has 1 amide bonds. The summed E-state index contributed by atoms with van der Waals surface area (Å²) in [5.41, 5.74) is 0.687. The van der Waals surface area contributed by atoms with Gasteiger partial charge in [0.2, 0.25) is 0 Å². The first-order valence-electron chi connectivity index (χ1n) is 7.57. The normalized spacial score (nSPS) is 11.4. The highest BCUT2D eigenvalue weighted by Crippen LogP contribution is 2.29. The summed E-state index contributed by atoms with van der Waals surface area (Å²) in [4.78, 5) is 12.3. The zero-order valence-electron chi connectivity index (χ0n) is 13.3. The molecule has 26 heavy (non-hydrogen) atoms. The van der Waals surface area contributed by atoms with Crippen LogP contribution in [0.3, 0.4) is 0 Å². The summed E-state index contributed by atoms with van der Waals surface area (Å²) in [6.45, 7) is 0.162. The van der Waals surface area contributed by atoms with Gasteiger partial charge in [0.15, 0.2) is 0 Å². The molecule has 0 aliphatic heterocycles. The van der Waals surface area contributed by atoms with Gasteiger partial charge in [0.25, 0.3) is 5.91 Å². The number of halogens is 4. The summed E-state index contributed by atoms with van der Waals surface area (Å²) in [6.07, 6.45) is -1.38.